The Morgan fingerprint density at radius 3 is 2.28 bits per heavy atom. The van der Waals surface area contributed by atoms with Gasteiger partial charge in [-0.05, 0) is 54.1 Å². The molecule has 0 saturated carbocycles. The van der Waals surface area contributed by atoms with Gasteiger partial charge in [0.1, 0.15) is 5.82 Å². The molecule has 1 heterocycles. The van der Waals surface area contributed by atoms with Crippen LogP contribution in [0.4, 0.5) is 9.52 Å². The van der Waals surface area contributed by atoms with E-state index in [-0.39, 0.29) is 18.2 Å². The second kappa shape index (κ2) is 12.3. The van der Waals surface area contributed by atoms with Gasteiger partial charge in [0.05, 0.1) is 38.7 Å². The maximum atomic E-state index is 13.4. The minimum absolute atomic E-state index is 0.289. The number of nitrogens with zero attached hydrogens (tertiary/aromatic N) is 1. The van der Waals surface area contributed by atoms with Crippen molar-refractivity contribution in [1.82, 2.24) is 4.98 Å². The van der Waals surface area contributed by atoms with Crippen molar-refractivity contribution in [3.8, 4) is 28.7 Å². The highest BCUT2D eigenvalue weighted by Crippen LogP contribution is 2.38. The van der Waals surface area contributed by atoms with Gasteiger partial charge in [0.2, 0.25) is 5.75 Å². The van der Waals surface area contributed by atoms with Crippen molar-refractivity contribution < 1.29 is 37.7 Å². The topological polar surface area (TPSA) is 105 Å². The number of amides is 1. The number of carbonyl (C=O) groups is 2. The Hall–Kier alpha value is -4.64. The summed E-state index contributed by atoms with van der Waals surface area (Å²) in [5.74, 6) is 0.720. The van der Waals surface area contributed by atoms with Crippen LogP contribution < -0.4 is 29.0 Å². The standard InChI is InChI=1S/C28H25FN2O7S/c1-34-21-10-6-16(5-9-20(32)17-12-23(35-2)27(37-4)24(13-17)36-3)11-22(21)38-15-26(33)31-28-30-19-8-7-18(29)14-25(19)39-28/h5-14H,15H2,1-4H3,(H,30,31,33)/b9-5+. The summed E-state index contributed by atoms with van der Waals surface area (Å²) in [5.41, 5.74) is 1.57. The Labute approximate surface area is 227 Å². The van der Waals surface area contributed by atoms with E-state index in [9.17, 15) is 14.0 Å². The highest BCUT2D eigenvalue weighted by Gasteiger charge is 2.16. The van der Waals surface area contributed by atoms with Crippen molar-refractivity contribution in [2.24, 2.45) is 0 Å². The summed E-state index contributed by atoms with van der Waals surface area (Å²) >= 11 is 1.16. The zero-order valence-electron chi connectivity index (χ0n) is 21.6. The number of rotatable bonds is 11. The van der Waals surface area contributed by atoms with E-state index in [0.717, 1.165) is 11.3 Å². The van der Waals surface area contributed by atoms with Crippen molar-refractivity contribution in [1.29, 1.82) is 0 Å². The lowest BCUT2D eigenvalue weighted by Gasteiger charge is -2.13. The maximum Gasteiger partial charge on any atom is 0.264 e. The number of ether oxygens (including phenoxy) is 5. The molecule has 0 aliphatic carbocycles. The number of ketones is 1. The lowest BCUT2D eigenvalue weighted by Crippen LogP contribution is -2.20. The van der Waals surface area contributed by atoms with Gasteiger partial charge in [-0.2, -0.15) is 0 Å². The van der Waals surface area contributed by atoms with Crippen LogP contribution in [0.3, 0.4) is 0 Å². The van der Waals surface area contributed by atoms with Crippen LogP contribution in [0.5, 0.6) is 28.7 Å². The molecule has 39 heavy (non-hydrogen) atoms. The number of carbonyl (C=O) groups excluding carboxylic acids is 2. The van der Waals surface area contributed by atoms with Gasteiger partial charge in [-0.25, -0.2) is 9.37 Å². The first-order valence-corrected chi connectivity index (χ1v) is 12.4. The molecule has 3 aromatic carbocycles. The summed E-state index contributed by atoms with van der Waals surface area (Å²) in [4.78, 5) is 29.6. The van der Waals surface area contributed by atoms with Gasteiger partial charge in [0, 0.05) is 5.56 Å². The van der Waals surface area contributed by atoms with E-state index < -0.39 is 5.91 Å². The quantitative estimate of drug-likeness (QED) is 0.195. The van der Waals surface area contributed by atoms with Gasteiger partial charge in [-0.15, -0.1) is 0 Å². The summed E-state index contributed by atoms with van der Waals surface area (Å²) in [5, 5.41) is 2.98. The molecule has 0 radical (unpaired) electrons. The molecule has 0 bridgehead atoms. The van der Waals surface area contributed by atoms with Gasteiger partial charge in [0.15, 0.2) is 40.5 Å². The van der Waals surface area contributed by atoms with Gasteiger partial charge in [-0.3, -0.25) is 14.9 Å². The van der Waals surface area contributed by atoms with E-state index in [0.29, 0.717) is 55.2 Å². The third-order valence-electron chi connectivity index (χ3n) is 5.52. The smallest absolute Gasteiger partial charge is 0.264 e. The first-order valence-electron chi connectivity index (χ1n) is 11.5. The van der Waals surface area contributed by atoms with Gasteiger partial charge < -0.3 is 23.7 Å². The summed E-state index contributed by atoms with van der Waals surface area (Å²) in [6.07, 6.45) is 3.01. The first kappa shape index (κ1) is 27.4. The van der Waals surface area contributed by atoms with Gasteiger partial charge in [-0.1, -0.05) is 23.5 Å². The minimum atomic E-state index is -0.449. The Balaban J connectivity index is 1.45. The lowest BCUT2D eigenvalue weighted by atomic mass is 10.1. The molecule has 4 aromatic rings. The second-order valence-corrected chi connectivity index (χ2v) is 9.02. The SMILES string of the molecule is COc1ccc(/C=C/C(=O)c2cc(OC)c(OC)c(OC)c2)cc1OCC(=O)Nc1nc2ccc(F)cc2s1. The van der Waals surface area contributed by atoms with E-state index in [1.165, 1.54) is 46.6 Å². The highest BCUT2D eigenvalue weighted by molar-refractivity contribution is 7.22. The summed E-state index contributed by atoms with van der Waals surface area (Å²) in [6, 6.07) is 12.4. The molecule has 0 spiro atoms. The molecule has 202 valence electrons. The number of allylic oxidation sites excluding steroid dienone is 1. The fourth-order valence-electron chi connectivity index (χ4n) is 3.65. The van der Waals surface area contributed by atoms with Crippen molar-refractivity contribution >= 4 is 44.5 Å². The van der Waals surface area contributed by atoms with Gasteiger partial charge >= 0.3 is 0 Å². The lowest BCUT2D eigenvalue weighted by molar-refractivity contribution is -0.118. The molecule has 0 atom stereocenters. The zero-order chi connectivity index (χ0) is 27.9. The molecule has 0 aliphatic heterocycles. The normalized spacial score (nSPS) is 10.9. The number of halogens is 1. The number of thiazole rings is 1. The number of hydrogen-bond acceptors (Lipinski definition) is 9. The van der Waals surface area contributed by atoms with E-state index >= 15 is 0 Å². The molecule has 0 unspecified atom stereocenters. The molecule has 11 heteroatoms. The van der Waals surface area contributed by atoms with Crippen LogP contribution in [0.15, 0.2) is 54.6 Å². The molecule has 0 aliphatic rings. The number of fused-ring (bicyclic) bond motifs is 1. The minimum Gasteiger partial charge on any atom is -0.493 e. The molecule has 1 aromatic heterocycles. The molecule has 1 N–H and O–H groups in total. The summed E-state index contributed by atoms with van der Waals surface area (Å²) in [7, 11) is 5.91. The molecular formula is C28H25FN2O7S. The summed E-state index contributed by atoms with van der Waals surface area (Å²) in [6.45, 7) is -0.321. The van der Waals surface area contributed by atoms with Crippen LogP contribution >= 0.6 is 11.3 Å². The predicted octanol–water partition coefficient (Wildman–Crippen LogP) is 5.38. The van der Waals surface area contributed by atoms with E-state index in [1.807, 2.05) is 0 Å². The fourth-order valence-corrected chi connectivity index (χ4v) is 4.56. The number of hydrogen-bond donors (Lipinski definition) is 1. The maximum absolute atomic E-state index is 13.4. The molecule has 4 rings (SSSR count). The number of anilines is 1. The number of benzene rings is 3. The number of nitrogens with one attached hydrogen (secondary N) is 1. The van der Waals surface area contributed by atoms with Crippen LogP contribution in [0, 0.1) is 5.82 Å². The average molecular weight is 553 g/mol. The molecule has 9 nitrogen and oxygen atoms in total. The van der Waals surface area contributed by atoms with Gasteiger partial charge in [0.25, 0.3) is 5.91 Å². The fraction of sp³-hybridized carbons (Fsp3) is 0.179. The first-order chi connectivity index (χ1) is 18.8. The third kappa shape index (κ3) is 6.44. The van der Waals surface area contributed by atoms with Crippen molar-refractivity contribution in [2.75, 3.05) is 40.4 Å². The number of aromatic nitrogens is 1. The third-order valence-corrected chi connectivity index (χ3v) is 6.45. The van der Waals surface area contributed by atoms with E-state index in [4.69, 9.17) is 23.7 Å². The Morgan fingerprint density at radius 1 is 0.897 bits per heavy atom. The van der Waals surface area contributed by atoms with Crippen LogP contribution in [0.2, 0.25) is 0 Å². The summed E-state index contributed by atoms with van der Waals surface area (Å²) < 4.78 is 41.0. The Bertz CT molecular complexity index is 1530. The van der Waals surface area contributed by atoms with E-state index in [2.05, 4.69) is 10.3 Å². The van der Waals surface area contributed by atoms with Crippen LogP contribution in [0.1, 0.15) is 15.9 Å². The highest BCUT2D eigenvalue weighted by atomic mass is 32.1. The monoisotopic (exact) mass is 552 g/mol. The van der Waals surface area contributed by atoms with Crippen molar-refractivity contribution in [2.45, 2.75) is 0 Å². The largest absolute Gasteiger partial charge is 0.493 e. The van der Waals surface area contributed by atoms with Crippen LogP contribution in [0.25, 0.3) is 16.3 Å². The second-order valence-electron chi connectivity index (χ2n) is 7.99. The van der Waals surface area contributed by atoms with Crippen LogP contribution in [-0.4, -0.2) is 51.7 Å². The number of methoxy groups -OCH3 is 4. The molecule has 0 fully saturated rings. The van der Waals surface area contributed by atoms with Crippen LogP contribution in [-0.2, 0) is 4.79 Å². The zero-order valence-corrected chi connectivity index (χ0v) is 22.4. The molecule has 1 amide bonds. The average Bonchev–Trinajstić information content (AvgIpc) is 3.34. The predicted molar refractivity (Wildman–Crippen MR) is 146 cm³/mol. The Kier molecular flexibility index (Phi) is 8.62. The Morgan fingerprint density at radius 2 is 1.62 bits per heavy atom. The van der Waals surface area contributed by atoms with Crippen molar-refractivity contribution in [3.05, 3.63) is 71.6 Å². The molecule has 0 saturated heterocycles. The van der Waals surface area contributed by atoms with E-state index in [1.54, 1.807) is 42.5 Å². The molecular weight excluding hydrogens is 527 g/mol. The van der Waals surface area contributed by atoms with Crippen molar-refractivity contribution in [3.63, 3.8) is 0 Å².